The molecule has 2 aromatic rings. The van der Waals surface area contributed by atoms with Gasteiger partial charge in [0.15, 0.2) is 0 Å². The van der Waals surface area contributed by atoms with E-state index in [1.165, 1.54) is 6.07 Å². The van der Waals surface area contributed by atoms with Crippen LogP contribution >= 0.6 is 10.7 Å². The van der Waals surface area contributed by atoms with Gasteiger partial charge in [-0.3, -0.25) is 0 Å². The van der Waals surface area contributed by atoms with Crippen molar-refractivity contribution in [1.82, 2.24) is 15.4 Å². The molecule has 1 aromatic heterocycles. The number of nitrogens with zero attached hydrogens (tertiary/aromatic N) is 2. The van der Waals surface area contributed by atoms with Gasteiger partial charge in [-0.25, -0.2) is 8.42 Å². The molecule has 0 amide bonds. The highest BCUT2D eigenvalue weighted by Gasteiger charge is 2.17. The second-order valence-corrected chi connectivity index (χ2v) is 5.43. The van der Waals surface area contributed by atoms with Crippen LogP contribution in [0.4, 0.5) is 0 Å². The van der Waals surface area contributed by atoms with E-state index in [4.69, 9.17) is 10.7 Å². The lowest BCUT2D eigenvalue weighted by molar-refractivity contribution is 0.610. The zero-order valence-electron chi connectivity index (χ0n) is 7.15. The Hall–Kier alpha value is -1.14. The summed E-state index contributed by atoms with van der Waals surface area (Å²) in [6.45, 7) is 1.76. The summed E-state index contributed by atoms with van der Waals surface area (Å²) in [6.07, 6.45) is 0. The van der Waals surface area contributed by atoms with Gasteiger partial charge in [-0.1, -0.05) is 0 Å². The van der Waals surface area contributed by atoms with E-state index in [9.17, 15) is 8.42 Å². The summed E-state index contributed by atoms with van der Waals surface area (Å²) >= 11 is 0. The minimum atomic E-state index is -3.77. The average molecular weight is 232 g/mol. The Kier molecular flexibility index (Phi) is 1.97. The van der Waals surface area contributed by atoms with Crippen LogP contribution < -0.4 is 0 Å². The fourth-order valence-electron chi connectivity index (χ4n) is 1.24. The smallest absolute Gasteiger partial charge is 0.207 e. The Morgan fingerprint density at radius 1 is 1.36 bits per heavy atom. The van der Waals surface area contributed by atoms with Crippen LogP contribution in [0, 0.1) is 6.92 Å². The molecule has 0 saturated heterocycles. The molecule has 2 rings (SSSR count). The first-order valence-corrected chi connectivity index (χ1v) is 6.05. The molecule has 0 bridgehead atoms. The third kappa shape index (κ3) is 1.46. The van der Waals surface area contributed by atoms with Gasteiger partial charge in [0.05, 0.1) is 0 Å². The molecule has 0 atom stereocenters. The summed E-state index contributed by atoms with van der Waals surface area (Å²) in [6, 6.07) is 3.19. The van der Waals surface area contributed by atoms with Gasteiger partial charge in [0.1, 0.15) is 15.9 Å². The monoisotopic (exact) mass is 231 g/mol. The predicted molar refractivity (Wildman–Crippen MR) is 51.7 cm³/mol. The summed E-state index contributed by atoms with van der Waals surface area (Å²) in [4.78, 5) is -0.0112. The van der Waals surface area contributed by atoms with E-state index >= 15 is 0 Å². The molecular weight excluding hydrogens is 226 g/mol. The highest BCUT2D eigenvalue weighted by Crippen LogP contribution is 2.24. The largest absolute Gasteiger partial charge is 0.263 e. The summed E-state index contributed by atoms with van der Waals surface area (Å²) in [5, 5.41) is 9.88. The molecule has 1 N–H and O–H groups in total. The Morgan fingerprint density at radius 2 is 2.07 bits per heavy atom. The number of nitrogens with one attached hydrogen (secondary N) is 1. The lowest BCUT2D eigenvalue weighted by Crippen LogP contribution is -1.93. The van der Waals surface area contributed by atoms with E-state index in [2.05, 4.69) is 15.4 Å². The number of H-pyrrole nitrogens is 1. The molecular formula is C7H6ClN3O2S. The minimum Gasteiger partial charge on any atom is -0.207 e. The number of fused-ring (bicyclic) bond motifs is 1. The highest BCUT2D eigenvalue weighted by molar-refractivity contribution is 8.14. The maximum absolute atomic E-state index is 11.2. The van der Waals surface area contributed by atoms with Gasteiger partial charge in [-0.05, 0) is 24.6 Å². The van der Waals surface area contributed by atoms with Crippen molar-refractivity contribution in [3.8, 4) is 0 Å². The Labute approximate surface area is 84.5 Å². The van der Waals surface area contributed by atoms with E-state index in [-0.39, 0.29) is 10.4 Å². The van der Waals surface area contributed by atoms with E-state index < -0.39 is 9.05 Å². The number of hydrogen-bond donors (Lipinski definition) is 1. The Balaban J connectivity index is 2.94. The molecule has 5 nitrogen and oxygen atoms in total. The standard InChI is InChI=1S/C7H6ClN3O2S/c1-4-2-5-7(10-11-9-5)6(3-4)14(8,12)13/h2-3H,1H3,(H,9,10,11). The Morgan fingerprint density at radius 3 is 2.71 bits per heavy atom. The minimum absolute atomic E-state index is 0.0112. The molecule has 0 unspecified atom stereocenters. The van der Waals surface area contributed by atoms with E-state index in [0.717, 1.165) is 5.56 Å². The molecule has 7 heteroatoms. The maximum Gasteiger partial charge on any atom is 0.263 e. The van der Waals surface area contributed by atoms with E-state index in [1.807, 2.05) is 0 Å². The number of aromatic amines is 1. The van der Waals surface area contributed by atoms with Gasteiger partial charge < -0.3 is 0 Å². The number of halogens is 1. The SMILES string of the molecule is Cc1cc(S(=O)(=O)Cl)c2n[nH]nc2c1. The second kappa shape index (κ2) is 2.93. The summed E-state index contributed by atoms with van der Waals surface area (Å²) in [5.74, 6) is 0. The van der Waals surface area contributed by atoms with E-state index in [0.29, 0.717) is 5.52 Å². The molecule has 0 aliphatic carbocycles. The molecule has 0 radical (unpaired) electrons. The normalized spacial score (nSPS) is 12.1. The first-order chi connectivity index (χ1) is 6.48. The lowest BCUT2D eigenvalue weighted by atomic mass is 10.2. The molecule has 0 aliphatic heterocycles. The van der Waals surface area contributed by atoms with E-state index in [1.54, 1.807) is 13.0 Å². The molecule has 1 aromatic carbocycles. The third-order valence-electron chi connectivity index (χ3n) is 1.79. The highest BCUT2D eigenvalue weighted by atomic mass is 35.7. The van der Waals surface area contributed by atoms with Gasteiger partial charge in [-0.2, -0.15) is 15.4 Å². The topological polar surface area (TPSA) is 75.7 Å². The van der Waals surface area contributed by atoms with Gasteiger partial charge in [-0.15, -0.1) is 0 Å². The van der Waals surface area contributed by atoms with Crippen molar-refractivity contribution in [3.05, 3.63) is 17.7 Å². The lowest BCUT2D eigenvalue weighted by Gasteiger charge is -1.98. The average Bonchev–Trinajstić information content (AvgIpc) is 2.47. The van der Waals surface area contributed by atoms with Crippen molar-refractivity contribution in [2.75, 3.05) is 0 Å². The molecule has 1 heterocycles. The van der Waals surface area contributed by atoms with Crippen LogP contribution in [0.2, 0.25) is 0 Å². The van der Waals surface area contributed by atoms with Crippen molar-refractivity contribution in [1.29, 1.82) is 0 Å². The van der Waals surface area contributed by atoms with Crippen molar-refractivity contribution in [2.24, 2.45) is 0 Å². The van der Waals surface area contributed by atoms with Gasteiger partial charge >= 0.3 is 0 Å². The van der Waals surface area contributed by atoms with Crippen LogP contribution in [0.5, 0.6) is 0 Å². The molecule has 0 spiro atoms. The zero-order valence-corrected chi connectivity index (χ0v) is 8.72. The summed E-state index contributed by atoms with van der Waals surface area (Å²) in [7, 11) is 1.48. The molecule has 74 valence electrons. The van der Waals surface area contributed by atoms with Crippen molar-refractivity contribution in [3.63, 3.8) is 0 Å². The summed E-state index contributed by atoms with van der Waals surface area (Å²) in [5.41, 5.74) is 1.53. The first kappa shape index (κ1) is 9.42. The van der Waals surface area contributed by atoms with Crippen molar-refractivity contribution in [2.45, 2.75) is 11.8 Å². The Bertz CT molecular complexity index is 590. The van der Waals surface area contributed by atoms with Crippen LogP contribution in [0.1, 0.15) is 5.56 Å². The number of benzene rings is 1. The van der Waals surface area contributed by atoms with Crippen LogP contribution in [0.3, 0.4) is 0 Å². The molecule has 0 fully saturated rings. The van der Waals surface area contributed by atoms with Crippen molar-refractivity contribution >= 4 is 30.8 Å². The number of rotatable bonds is 1. The summed E-state index contributed by atoms with van der Waals surface area (Å²) < 4.78 is 22.4. The predicted octanol–water partition coefficient (Wildman–Crippen LogP) is 1.19. The van der Waals surface area contributed by atoms with Gasteiger partial charge in [0.2, 0.25) is 0 Å². The van der Waals surface area contributed by atoms with Crippen LogP contribution in [0.15, 0.2) is 17.0 Å². The van der Waals surface area contributed by atoms with Crippen molar-refractivity contribution < 1.29 is 8.42 Å². The zero-order chi connectivity index (χ0) is 10.3. The van der Waals surface area contributed by atoms with Crippen LogP contribution in [-0.4, -0.2) is 23.8 Å². The quantitative estimate of drug-likeness (QED) is 0.748. The van der Waals surface area contributed by atoms with Gasteiger partial charge in [0, 0.05) is 10.7 Å². The number of aryl methyl sites for hydroxylation is 1. The third-order valence-corrected chi connectivity index (χ3v) is 3.13. The number of hydrogen-bond acceptors (Lipinski definition) is 4. The maximum atomic E-state index is 11.2. The van der Waals surface area contributed by atoms with Crippen LogP contribution in [-0.2, 0) is 9.05 Å². The molecule has 14 heavy (non-hydrogen) atoms. The fourth-order valence-corrected chi connectivity index (χ4v) is 2.30. The van der Waals surface area contributed by atoms with Crippen LogP contribution in [0.25, 0.3) is 11.0 Å². The second-order valence-electron chi connectivity index (χ2n) is 2.89. The van der Waals surface area contributed by atoms with Gasteiger partial charge in [0.25, 0.3) is 9.05 Å². The molecule has 0 saturated carbocycles. The first-order valence-electron chi connectivity index (χ1n) is 3.74. The fraction of sp³-hybridized carbons (Fsp3) is 0.143. The number of aromatic nitrogens is 3. The molecule has 0 aliphatic rings.